The average molecular weight is 291 g/mol. The van der Waals surface area contributed by atoms with Crippen LogP contribution in [-0.2, 0) is 11.2 Å². The van der Waals surface area contributed by atoms with Gasteiger partial charge in [0.25, 0.3) is 0 Å². The third-order valence-corrected chi connectivity index (χ3v) is 3.90. The molecule has 1 aliphatic rings. The lowest BCUT2D eigenvalue weighted by atomic mass is 9.94. The highest BCUT2D eigenvalue weighted by molar-refractivity contribution is 5.80. The minimum absolute atomic E-state index is 0.101. The molecule has 2 rings (SSSR count). The predicted molar refractivity (Wildman–Crippen MR) is 82.8 cm³/mol. The van der Waals surface area contributed by atoms with Gasteiger partial charge in [-0.05, 0) is 45.7 Å². The highest BCUT2D eigenvalue weighted by atomic mass is 16.5. The number of methoxy groups -OCH3 is 1. The van der Waals surface area contributed by atoms with E-state index in [4.69, 9.17) is 9.47 Å². The molecule has 1 heterocycles. The van der Waals surface area contributed by atoms with Gasteiger partial charge in [-0.1, -0.05) is 6.07 Å². The van der Waals surface area contributed by atoms with Crippen molar-refractivity contribution in [1.29, 1.82) is 0 Å². The Hall–Kier alpha value is -1.71. The number of nitrogens with zero attached hydrogens (tertiary/aromatic N) is 1. The largest absolute Gasteiger partial charge is 0.497 e. The lowest BCUT2D eigenvalue weighted by molar-refractivity contribution is -0.140. The first kappa shape index (κ1) is 15.7. The molecular formula is C17H25NO3. The first-order valence-corrected chi connectivity index (χ1v) is 7.56. The number of fused-ring (bicyclic) bond motifs is 1. The third-order valence-electron chi connectivity index (χ3n) is 3.90. The van der Waals surface area contributed by atoms with Crippen molar-refractivity contribution in [2.45, 2.75) is 46.2 Å². The quantitative estimate of drug-likeness (QED) is 0.856. The summed E-state index contributed by atoms with van der Waals surface area (Å²) in [5, 5.41) is 0. The van der Waals surface area contributed by atoms with Crippen LogP contribution in [0.1, 0.15) is 33.3 Å². The van der Waals surface area contributed by atoms with Gasteiger partial charge < -0.3 is 14.4 Å². The maximum Gasteiger partial charge on any atom is 0.229 e. The highest BCUT2D eigenvalue weighted by Gasteiger charge is 2.32. The van der Waals surface area contributed by atoms with Crippen LogP contribution in [0, 0.1) is 5.92 Å². The van der Waals surface area contributed by atoms with E-state index in [-0.39, 0.29) is 23.9 Å². The Morgan fingerprint density at radius 2 is 1.95 bits per heavy atom. The Morgan fingerprint density at radius 3 is 2.52 bits per heavy atom. The summed E-state index contributed by atoms with van der Waals surface area (Å²) in [4.78, 5) is 14.7. The number of hydrogen-bond donors (Lipinski definition) is 0. The van der Waals surface area contributed by atoms with E-state index < -0.39 is 0 Å². The fraction of sp³-hybridized carbons (Fsp3) is 0.588. The Morgan fingerprint density at radius 1 is 1.29 bits per heavy atom. The lowest BCUT2D eigenvalue weighted by Crippen LogP contribution is -2.47. The van der Waals surface area contributed by atoms with Crippen LogP contribution >= 0.6 is 0 Å². The molecule has 1 amide bonds. The van der Waals surface area contributed by atoms with Crippen LogP contribution in [0.25, 0.3) is 0 Å². The van der Waals surface area contributed by atoms with Crippen LogP contribution in [0.3, 0.4) is 0 Å². The summed E-state index contributed by atoms with van der Waals surface area (Å²) in [7, 11) is 1.64. The highest BCUT2D eigenvalue weighted by Crippen LogP contribution is 2.32. The predicted octanol–water partition coefficient (Wildman–Crippen LogP) is 2.89. The first-order chi connectivity index (χ1) is 9.93. The number of carbonyl (C=O) groups is 1. The minimum Gasteiger partial charge on any atom is -0.497 e. The maximum absolute atomic E-state index is 12.7. The van der Waals surface area contributed by atoms with Gasteiger partial charge in [-0.2, -0.15) is 0 Å². The van der Waals surface area contributed by atoms with E-state index in [0.717, 1.165) is 23.5 Å². The van der Waals surface area contributed by atoms with Crippen molar-refractivity contribution in [3.05, 3.63) is 23.8 Å². The van der Waals surface area contributed by atoms with Gasteiger partial charge in [0, 0.05) is 18.2 Å². The number of hydrogen-bond acceptors (Lipinski definition) is 3. The third kappa shape index (κ3) is 3.31. The zero-order valence-electron chi connectivity index (χ0n) is 13.6. The maximum atomic E-state index is 12.7. The van der Waals surface area contributed by atoms with Crippen molar-refractivity contribution < 1.29 is 14.3 Å². The van der Waals surface area contributed by atoms with E-state index >= 15 is 0 Å². The van der Waals surface area contributed by atoms with Crippen molar-refractivity contribution >= 4 is 5.91 Å². The molecule has 0 spiro atoms. The molecule has 0 fully saturated rings. The first-order valence-electron chi connectivity index (χ1n) is 7.56. The van der Waals surface area contributed by atoms with Gasteiger partial charge in [-0.15, -0.1) is 0 Å². The van der Waals surface area contributed by atoms with Gasteiger partial charge in [0.15, 0.2) is 0 Å². The van der Waals surface area contributed by atoms with Crippen LogP contribution in [0.4, 0.5) is 0 Å². The van der Waals surface area contributed by atoms with Crippen molar-refractivity contribution in [3.8, 4) is 11.5 Å². The van der Waals surface area contributed by atoms with Gasteiger partial charge in [-0.3, -0.25) is 4.79 Å². The fourth-order valence-corrected chi connectivity index (χ4v) is 2.95. The monoisotopic (exact) mass is 291 g/mol. The Labute approximate surface area is 127 Å². The second kappa shape index (κ2) is 6.37. The molecule has 1 atom stereocenters. The molecule has 1 unspecified atom stereocenters. The van der Waals surface area contributed by atoms with Gasteiger partial charge >= 0.3 is 0 Å². The molecule has 116 valence electrons. The van der Waals surface area contributed by atoms with Gasteiger partial charge in [0.1, 0.15) is 18.1 Å². The van der Waals surface area contributed by atoms with Gasteiger partial charge in [-0.25, -0.2) is 0 Å². The smallest absolute Gasteiger partial charge is 0.229 e. The molecule has 1 aromatic rings. The van der Waals surface area contributed by atoms with Crippen molar-refractivity contribution in [2.75, 3.05) is 13.7 Å². The van der Waals surface area contributed by atoms with E-state index in [1.165, 1.54) is 0 Å². The molecule has 0 saturated heterocycles. The molecule has 0 aromatic heterocycles. The molecule has 0 aliphatic carbocycles. The van der Waals surface area contributed by atoms with Crippen molar-refractivity contribution in [2.24, 2.45) is 5.92 Å². The number of ether oxygens (including phenoxy) is 2. The molecule has 21 heavy (non-hydrogen) atoms. The van der Waals surface area contributed by atoms with Crippen LogP contribution in [0.5, 0.6) is 11.5 Å². The Balaban J connectivity index is 2.15. The van der Waals surface area contributed by atoms with Crippen LogP contribution in [0.2, 0.25) is 0 Å². The minimum atomic E-state index is -0.101. The standard InChI is InChI=1S/C17H25NO3/c1-11(2)18(12(3)4)17(19)14-8-13-6-7-15(20-5)9-16(13)21-10-14/h6-7,9,11-12,14H,8,10H2,1-5H3. The van der Waals surface area contributed by atoms with Gasteiger partial charge in [0.05, 0.1) is 13.0 Å². The molecule has 4 nitrogen and oxygen atoms in total. The zero-order chi connectivity index (χ0) is 15.6. The van der Waals surface area contributed by atoms with Crippen molar-refractivity contribution in [1.82, 2.24) is 4.90 Å². The summed E-state index contributed by atoms with van der Waals surface area (Å²) < 4.78 is 11.0. The second-order valence-corrected chi connectivity index (χ2v) is 6.12. The fourth-order valence-electron chi connectivity index (χ4n) is 2.95. The Bertz CT molecular complexity index is 503. The van der Waals surface area contributed by atoms with E-state index in [0.29, 0.717) is 6.61 Å². The second-order valence-electron chi connectivity index (χ2n) is 6.12. The molecule has 1 aliphatic heterocycles. The lowest BCUT2D eigenvalue weighted by Gasteiger charge is -2.35. The summed E-state index contributed by atoms with van der Waals surface area (Å²) in [6, 6.07) is 6.20. The van der Waals surface area contributed by atoms with E-state index in [2.05, 4.69) is 27.7 Å². The molecule has 0 radical (unpaired) electrons. The molecule has 0 N–H and O–H groups in total. The van der Waals surface area contributed by atoms with E-state index in [1.54, 1.807) is 7.11 Å². The molecule has 0 saturated carbocycles. The van der Waals surface area contributed by atoms with Crippen LogP contribution in [0.15, 0.2) is 18.2 Å². The van der Waals surface area contributed by atoms with E-state index in [9.17, 15) is 4.79 Å². The number of rotatable bonds is 4. The van der Waals surface area contributed by atoms with E-state index in [1.807, 2.05) is 23.1 Å². The Kier molecular flexibility index (Phi) is 4.76. The number of carbonyl (C=O) groups excluding carboxylic acids is 1. The number of benzene rings is 1. The molecular weight excluding hydrogens is 266 g/mol. The SMILES string of the molecule is COc1ccc2c(c1)OCC(C(=O)N(C(C)C)C(C)C)C2. The summed E-state index contributed by atoms with van der Waals surface area (Å²) in [6.45, 7) is 8.66. The number of amides is 1. The van der Waals surface area contributed by atoms with Gasteiger partial charge in [0.2, 0.25) is 5.91 Å². The normalized spacial score (nSPS) is 17.4. The van der Waals surface area contributed by atoms with Crippen LogP contribution in [-0.4, -0.2) is 36.6 Å². The average Bonchev–Trinajstić information content (AvgIpc) is 2.45. The zero-order valence-corrected chi connectivity index (χ0v) is 13.6. The summed E-state index contributed by atoms with van der Waals surface area (Å²) in [5.74, 6) is 1.70. The molecule has 4 heteroatoms. The van der Waals surface area contributed by atoms with Crippen molar-refractivity contribution in [3.63, 3.8) is 0 Å². The summed E-state index contributed by atoms with van der Waals surface area (Å²) >= 11 is 0. The molecule has 1 aromatic carbocycles. The molecule has 0 bridgehead atoms. The summed E-state index contributed by atoms with van der Waals surface area (Å²) in [6.07, 6.45) is 0.730. The van der Waals surface area contributed by atoms with Crippen LogP contribution < -0.4 is 9.47 Å². The topological polar surface area (TPSA) is 38.8 Å². The summed E-state index contributed by atoms with van der Waals surface area (Å²) in [5.41, 5.74) is 1.08.